The minimum absolute atomic E-state index is 0.170. The number of allylic oxidation sites excluding steroid dienone is 2. The number of hydrogen-bond acceptors (Lipinski definition) is 7. The molecule has 2 unspecified atom stereocenters. The molecule has 7 nitrogen and oxygen atoms in total. The van der Waals surface area contributed by atoms with Gasteiger partial charge in [0.15, 0.2) is 25.2 Å². The van der Waals surface area contributed by atoms with Crippen LogP contribution >= 0.6 is 0 Å². The van der Waals surface area contributed by atoms with Crippen LogP contribution in [0.5, 0.6) is 0 Å². The second kappa shape index (κ2) is 36.0. The minimum Gasteiger partial charge on any atom is -0.353 e. The van der Waals surface area contributed by atoms with E-state index in [1.165, 1.54) is 0 Å². The van der Waals surface area contributed by atoms with Crippen molar-refractivity contribution in [3.05, 3.63) is 24.3 Å². The van der Waals surface area contributed by atoms with Crippen LogP contribution in [0.4, 0.5) is 0 Å². The molecule has 0 aromatic carbocycles. The van der Waals surface area contributed by atoms with E-state index in [-0.39, 0.29) is 12.6 Å². The molecule has 0 heterocycles. The van der Waals surface area contributed by atoms with Crippen molar-refractivity contribution < 1.29 is 33.2 Å². The lowest BCUT2D eigenvalue weighted by Gasteiger charge is -2.22. The van der Waals surface area contributed by atoms with E-state index in [0.717, 1.165) is 142 Å². The fourth-order valence-electron chi connectivity index (χ4n) is 4.26. The summed E-state index contributed by atoms with van der Waals surface area (Å²) in [7, 11) is 0. The molecule has 0 saturated heterocycles. The average Bonchev–Trinajstić information content (AvgIpc) is 3.04. The molecule has 0 aromatic heterocycles. The highest BCUT2D eigenvalue weighted by molar-refractivity contribution is 4.90. The molecule has 7 heteroatoms. The topological polar surface area (TPSA) is 64.6 Å². The number of hydrogen-bond donors (Lipinski definition) is 0. The SMILES string of the molecule is CCCCCOC(C=CCCC(OCCCC)OCCCC)OC(C=CCCC(OCCCC)OCCCC)OCCCCC. The Balaban J connectivity index is 5.30. The smallest absolute Gasteiger partial charge is 0.180 e. The highest BCUT2D eigenvalue weighted by atomic mass is 16.8. The second-order valence-corrected chi connectivity index (χ2v) is 11.8. The molecule has 0 saturated carbocycles. The zero-order valence-electron chi connectivity index (χ0n) is 30.4. The molecule has 45 heavy (non-hydrogen) atoms. The van der Waals surface area contributed by atoms with Gasteiger partial charge in [0.1, 0.15) is 0 Å². The summed E-state index contributed by atoms with van der Waals surface area (Å²) in [4.78, 5) is 0. The molecule has 0 N–H and O–H groups in total. The monoisotopic (exact) mass is 643 g/mol. The lowest BCUT2D eigenvalue weighted by molar-refractivity contribution is -0.208. The summed E-state index contributed by atoms with van der Waals surface area (Å²) in [5.74, 6) is 0. The van der Waals surface area contributed by atoms with Crippen molar-refractivity contribution in [3.63, 3.8) is 0 Å². The Morgan fingerprint density at radius 2 is 0.689 bits per heavy atom. The maximum atomic E-state index is 6.40. The van der Waals surface area contributed by atoms with Gasteiger partial charge in [0.25, 0.3) is 0 Å². The van der Waals surface area contributed by atoms with Gasteiger partial charge < -0.3 is 33.2 Å². The Labute approximate surface area is 279 Å². The van der Waals surface area contributed by atoms with Crippen LogP contribution < -0.4 is 0 Å². The predicted molar refractivity (Wildman–Crippen MR) is 187 cm³/mol. The molecule has 0 radical (unpaired) electrons. The van der Waals surface area contributed by atoms with Gasteiger partial charge in [-0.2, -0.15) is 0 Å². The minimum atomic E-state index is -0.481. The predicted octanol–water partition coefficient (Wildman–Crippen LogP) is 10.7. The molecule has 0 bridgehead atoms. The van der Waals surface area contributed by atoms with Crippen molar-refractivity contribution in [2.24, 2.45) is 0 Å². The average molecular weight is 643 g/mol. The van der Waals surface area contributed by atoms with Crippen molar-refractivity contribution in [2.45, 2.75) is 182 Å². The molecule has 0 spiro atoms. The Morgan fingerprint density at radius 1 is 0.378 bits per heavy atom. The van der Waals surface area contributed by atoms with Gasteiger partial charge >= 0.3 is 0 Å². The third kappa shape index (κ3) is 30.3. The third-order valence-corrected chi connectivity index (χ3v) is 7.26. The van der Waals surface area contributed by atoms with Gasteiger partial charge in [-0.3, -0.25) is 0 Å². The third-order valence-electron chi connectivity index (χ3n) is 7.26. The largest absolute Gasteiger partial charge is 0.353 e. The Hall–Kier alpha value is -0.800. The van der Waals surface area contributed by atoms with Crippen LogP contribution in [0.25, 0.3) is 0 Å². The van der Waals surface area contributed by atoms with Crippen LogP contribution in [0, 0.1) is 0 Å². The number of unbranched alkanes of at least 4 members (excludes halogenated alkanes) is 8. The van der Waals surface area contributed by atoms with Crippen LogP contribution in [0.1, 0.15) is 157 Å². The zero-order valence-corrected chi connectivity index (χ0v) is 30.4. The zero-order chi connectivity index (χ0) is 33.1. The van der Waals surface area contributed by atoms with E-state index in [2.05, 4.69) is 53.7 Å². The van der Waals surface area contributed by atoms with E-state index >= 15 is 0 Å². The van der Waals surface area contributed by atoms with E-state index in [1.54, 1.807) is 0 Å². The van der Waals surface area contributed by atoms with Gasteiger partial charge in [-0.15, -0.1) is 0 Å². The molecule has 0 aliphatic heterocycles. The van der Waals surface area contributed by atoms with Crippen molar-refractivity contribution >= 4 is 0 Å². The lowest BCUT2D eigenvalue weighted by atomic mass is 10.2. The van der Waals surface area contributed by atoms with Crippen LogP contribution in [-0.4, -0.2) is 64.8 Å². The molecule has 0 fully saturated rings. The van der Waals surface area contributed by atoms with Gasteiger partial charge in [0, 0.05) is 39.3 Å². The molecule has 0 amide bonds. The van der Waals surface area contributed by atoms with Crippen molar-refractivity contribution in [2.75, 3.05) is 39.6 Å². The van der Waals surface area contributed by atoms with Crippen LogP contribution in [0.2, 0.25) is 0 Å². The van der Waals surface area contributed by atoms with E-state index in [0.29, 0.717) is 13.2 Å². The van der Waals surface area contributed by atoms with Gasteiger partial charge in [0.2, 0.25) is 0 Å². The van der Waals surface area contributed by atoms with Gasteiger partial charge in [-0.25, -0.2) is 0 Å². The highest BCUT2D eigenvalue weighted by Crippen LogP contribution is 2.14. The maximum absolute atomic E-state index is 6.40. The first-order valence-corrected chi connectivity index (χ1v) is 18.8. The summed E-state index contributed by atoms with van der Waals surface area (Å²) in [6, 6.07) is 0. The molecular weight excluding hydrogens is 568 g/mol. The van der Waals surface area contributed by atoms with E-state index in [4.69, 9.17) is 33.2 Å². The van der Waals surface area contributed by atoms with Crippen molar-refractivity contribution in [1.29, 1.82) is 0 Å². The first-order chi connectivity index (χ1) is 22.1. The molecule has 0 rings (SSSR count). The van der Waals surface area contributed by atoms with Gasteiger partial charge in [-0.1, -0.05) is 105 Å². The van der Waals surface area contributed by atoms with Crippen LogP contribution in [0.3, 0.4) is 0 Å². The van der Waals surface area contributed by atoms with Gasteiger partial charge in [0.05, 0.1) is 13.2 Å². The van der Waals surface area contributed by atoms with E-state index < -0.39 is 12.6 Å². The quantitative estimate of drug-likeness (QED) is 0.0383. The first-order valence-electron chi connectivity index (χ1n) is 18.8. The van der Waals surface area contributed by atoms with Crippen LogP contribution in [-0.2, 0) is 33.2 Å². The molecule has 0 aromatic rings. The summed E-state index contributed by atoms with van der Waals surface area (Å²) < 4.78 is 42.9. The Morgan fingerprint density at radius 3 is 1.00 bits per heavy atom. The molecule has 2 atom stereocenters. The Kier molecular flexibility index (Phi) is 35.4. The molecule has 268 valence electrons. The maximum Gasteiger partial charge on any atom is 0.180 e. The standard InChI is InChI=1S/C38H74O7/c1-7-13-23-33-43-37(27-21-19-25-35(39-29-15-9-3)40-30-16-10-4)45-38(44-34-24-14-8-2)28-22-20-26-36(41-31-17-11-5)42-32-18-12-6/h21-22,27-28,35-38H,7-20,23-26,29-34H2,1-6H3. The summed E-state index contributed by atoms with van der Waals surface area (Å²) in [6.07, 6.45) is 25.6. The van der Waals surface area contributed by atoms with E-state index in [9.17, 15) is 0 Å². The summed E-state index contributed by atoms with van der Waals surface area (Å²) in [6.45, 7) is 17.4. The summed E-state index contributed by atoms with van der Waals surface area (Å²) in [5, 5.41) is 0. The second-order valence-electron chi connectivity index (χ2n) is 11.8. The summed E-state index contributed by atoms with van der Waals surface area (Å²) >= 11 is 0. The van der Waals surface area contributed by atoms with E-state index in [1.807, 2.05) is 12.2 Å². The molecular formula is C38H74O7. The molecule has 0 aliphatic rings. The fourth-order valence-corrected chi connectivity index (χ4v) is 4.26. The number of ether oxygens (including phenoxy) is 7. The molecule has 0 aliphatic carbocycles. The van der Waals surface area contributed by atoms with Gasteiger partial charge in [-0.05, 0) is 63.5 Å². The fraction of sp³-hybridized carbons (Fsp3) is 0.895. The normalized spacial score (nSPS) is 13.7. The Bertz CT molecular complexity index is 555. The summed E-state index contributed by atoms with van der Waals surface area (Å²) in [5.41, 5.74) is 0. The van der Waals surface area contributed by atoms with Crippen molar-refractivity contribution in [3.8, 4) is 0 Å². The van der Waals surface area contributed by atoms with Crippen LogP contribution in [0.15, 0.2) is 24.3 Å². The highest BCUT2D eigenvalue weighted by Gasteiger charge is 2.15. The lowest BCUT2D eigenvalue weighted by Crippen LogP contribution is -2.25. The first kappa shape index (κ1) is 44.2. The number of rotatable bonds is 36. The van der Waals surface area contributed by atoms with Crippen molar-refractivity contribution in [1.82, 2.24) is 0 Å².